The molecule has 1 heterocycles. The monoisotopic (exact) mass is 234 g/mol. The van der Waals surface area contributed by atoms with Gasteiger partial charge in [0.05, 0.1) is 11.8 Å². The second-order valence-electron chi connectivity index (χ2n) is 4.04. The fraction of sp³-hybridized carbons (Fsp3) is 0.889. The van der Waals surface area contributed by atoms with Crippen molar-refractivity contribution in [1.29, 1.82) is 0 Å². The lowest BCUT2D eigenvalue weighted by Crippen LogP contribution is -2.43. The first-order chi connectivity index (χ1) is 6.90. The van der Waals surface area contributed by atoms with Crippen LogP contribution in [0.15, 0.2) is 0 Å². The van der Waals surface area contributed by atoms with Gasteiger partial charge in [-0.05, 0) is 19.4 Å². The molecular formula is C9H18N2O3S. The van der Waals surface area contributed by atoms with Crippen molar-refractivity contribution in [2.24, 2.45) is 0 Å². The lowest BCUT2D eigenvalue weighted by atomic mass is 10.2. The zero-order chi connectivity index (χ0) is 11.5. The quantitative estimate of drug-likeness (QED) is 0.694. The zero-order valence-electron chi connectivity index (χ0n) is 9.19. The van der Waals surface area contributed by atoms with E-state index in [1.54, 1.807) is 7.05 Å². The highest BCUT2D eigenvalue weighted by atomic mass is 32.2. The van der Waals surface area contributed by atoms with Crippen LogP contribution in [-0.4, -0.2) is 57.4 Å². The van der Waals surface area contributed by atoms with Crippen molar-refractivity contribution in [2.45, 2.75) is 18.9 Å². The molecule has 6 heteroatoms. The number of hydrogen-bond acceptors (Lipinski definition) is 4. The molecule has 1 fully saturated rings. The molecule has 0 saturated carbocycles. The predicted molar refractivity (Wildman–Crippen MR) is 58.4 cm³/mol. The Morgan fingerprint density at radius 1 is 1.53 bits per heavy atom. The van der Waals surface area contributed by atoms with Gasteiger partial charge in [0.25, 0.3) is 0 Å². The van der Waals surface area contributed by atoms with Crippen LogP contribution in [0, 0.1) is 0 Å². The minimum absolute atomic E-state index is 0.00356. The molecule has 1 saturated heterocycles. The van der Waals surface area contributed by atoms with Crippen molar-refractivity contribution >= 4 is 15.7 Å². The summed E-state index contributed by atoms with van der Waals surface area (Å²) in [6.07, 6.45) is 3.04. The van der Waals surface area contributed by atoms with Gasteiger partial charge in [-0.25, -0.2) is 8.42 Å². The Balaban J connectivity index is 2.39. The molecule has 1 aliphatic rings. The molecule has 0 spiro atoms. The fourth-order valence-corrected chi connectivity index (χ4v) is 2.18. The van der Waals surface area contributed by atoms with Gasteiger partial charge < -0.3 is 10.2 Å². The summed E-state index contributed by atoms with van der Waals surface area (Å²) >= 11 is 0. The van der Waals surface area contributed by atoms with Crippen molar-refractivity contribution in [2.75, 3.05) is 32.1 Å². The highest BCUT2D eigenvalue weighted by molar-refractivity contribution is 7.90. The first-order valence-electron chi connectivity index (χ1n) is 5.06. The molecule has 1 amide bonds. The number of carbonyl (C=O) groups excluding carboxylic acids is 1. The average Bonchev–Trinajstić information content (AvgIpc) is 2.64. The molecule has 0 bridgehead atoms. The number of hydrogen-bond donors (Lipinski definition) is 1. The summed E-state index contributed by atoms with van der Waals surface area (Å²) in [7, 11) is -1.34. The largest absolute Gasteiger partial charge is 0.343 e. The Hall–Kier alpha value is -0.620. The van der Waals surface area contributed by atoms with E-state index in [4.69, 9.17) is 0 Å². The summed E-state index contributed by atoms with van der Waals surface area (Å²) in [5, 5.41) is 3.09. The van der Waals surface area contributed by atoms with Crippen LogP contribution in [0.1, 0.15) is 12.8 Å². The molecule has 1 rings (SSSR count). The van der Waals surface area contributed by atoms with E-state index in [1.165, 1.54) is 11.2 Å². The van der Waals surface area contributed by atoms with Crippen LogP contribution in [0.3, 0.4) is 0 Å². The molecule has 1 atom stereocenters. The molecule has 1 aliphatic heterocycles. The van der Waals surface area contributed by atoms with Gasteiger partial charge in [-0.1, -0.05) is 0 Å². The molecule has 0 aromatic heterocycles. The van der Waals surface area contributed by atoms with E-state index in [2.05, 4.69) is 5.32 Å². The summed E-state index contributed by atoms with van der Waals surface area (Å²) in [6.45, 7) is 1.15. The smallest absolute Gasteiger partial charge is 0.239 e. The van der Waals surface area contributed by atoms with Crippen molar-refractivity contribution < 1.29 is 13.2 Å². The summed E-state index contributed by atoms with van der Waals surface area (Å²) < 4.78 is 21.9. The Morgan fingerprint density at radius 2 is 2.20 bits per heavy atom. The number of amides is 1. The third-order valence-corrected chi connectivity index (χ3v) is 3.46. The molecule has 15 heavy (non-hydrogen) atoms. The number of carbonyl (C=O) groups is 1. The minimum Gasteiger partial charge on any atom is -0.343 e. The van der Waals surface area contributed by atoms with Crippen LogP contribution in [0.2, 0.25) is 0 Å². The van der Waals surface area contributed by atoms with Crippen LogP contribution < -0.4 is 5.32 Å². The van der Waals surface area contributed by atoms with Gasteiger partial charge in [0.1, 0.15) is 9.84 Å². The van der Waals surface area contributed by atoms with Crippen molar-refractivity contribution in [3.05, 3.63) is 0 Å². The Kier molecular flexibility index (Phi) is 4.10. The molecule has 5 nitrogen and oxygen atoms in total. The Morgan fingerprint density at radius 3 is 2.67 bits per heavy atom. The lowest BCUT2D eigenvalue weighted by molar-refractivity contribution is -0.131. The topological polar surface area (TPSA) is 66.5 Å². The summed E-state index contributed by atoms with van der Waals surface area (Å²) in [4.78, 5) is 13.2. The highest BCUT2D eigenvalue weighted by Gasteiger charge is 2.25. The van der Waals surface area contributed by atoms with Crippen LogP contribution in [0.5, 0.6) is 0 Å². The predicted octanol–water partition coefficient (Wildman–Crippen LogP) is -0.759. The Labute approximate surface area is 90.7 Å². The maximum atomic E-state index is 11.7. The minimum atomic E-state index is -2.99. The lowest BCUT2D eigenvalue weighted by Gasteiger charge is -2.20. The molecule has 88 valence electrons. The standard InChI is InChI=1S/C9H18N2O3S/c1-11(6-7-15(2,13)14)9(12)8-4-3-5-10-8/h8,10H,3-7H2,1-2H3/t8-/m1/s1. The van der Waals surface area contributed by atoms with E-state index in [-0.39, 0.29) is 24.2 Å². The maximum absolute atomic E-state index is 11.7. The second-order valence-corrected chi connectivity index (χ2v) is 6.30. The maximum Gasteiger partial charge on any atom is 0.239 e. The van der Waals surface area contributed by atoms with E-state index < -0.39 is 9.84 Å². The molecule has 0 unspecified atom stereocenters. The normalized spacial score (nSPS) is 21.6. The number of sulfone groups is 1. The third kappa shape index (κ3) is 4.17. The summed E-state index contributed by atoms with van der Waals surface area (Å²) in [6, 6.07) is -0.116. The number of likely N-dealkylation sites (N-methyl/N-ethyl adjacent to an activating group) is 1. The third-order valence-electron chi connectivity index (χ3n) is 2.53. The van der Waals surface area contributed by atoms with Crippen LogP contribution in [-0.2, 0) is 14.6 Å². The SMILES string of the molecule is CN(CCS(C)(=O)=O)C(=O)[C@H]1CCCN1. The molecule has 1 N–H and O–H groups in total. The van der Waals surface area contributed by atoms with Gasteiger partial charge >= 0.3 is 0 Å². The first kappa shape index (κ1) is 12.4. The van der Waals surface area contributed by atoms with Crippen LogP contribution >= 0.6 is 0 Å². The van der Waals surface area contributed by atoms with Gasteiger partial charge in [-0.15, -0.1) is 0 Å². The van der Waals surface area contributed by atoms with Gasteiger partial charge in [0.2, 0.25) is 5.91 Å². The fourth-order valence-electron chi connectivity index (χ4n) is 1.57. The van der Waals surface area contributed by atoms with E-state index in [0.717, 1.165) is 19.4 Å². The summed E-state index contributed by atoms with van der Waals surface area (Å²) in [5.74, 6) is 0.0262. The van der Waals surface area contributed by atoms with E-state index in [1.807, 2.05) is 0 Å². The molecule has 0 radical (unpaired) electrons. The average molecular weight is 234 g/mol. The van der Waals surface area contributed by atoms with Gasteiger partial charge in [0.15, 0.2) is 0 Å². The molecular weight excluding hydrogens is 216 g/mol. The molecule has 0 aliphatic carbocycles. The van der Waals surface area contributed by atoms with E-state index in [0.29, 0.717) is 0 Å². The van der Waals surface area contributed by atoms with Gasteiger partial charge in [-0.2, -0.15) is 0 Å². The first-order valence-corrected chi connectivity index (χ1v) is 7.12. The number of nitrogens with zero attached hydrogens (tertiary/aromatic N) is 1. The van der Waals surface area contributed by atoms with Crippen molar-refractivity contribution in [3.63, 3.8) is 0 Å². The highest BCUT2D eigenvalue weighted by Crippen LogP contribution is 2.07. The van der Waals surface area contributed by atoms with Crippen molar-refractivity contribution in [1.82, 2.24) is 10.2 Å². The summed E-state index contributed by atoms with van der Waals surface area (Å²) in [5.41, 5.74) is 0. The van der Waals surface area contributed by atoms with Gasteiger partial charge in [-0.3, -0.25) is 4.79 Å². The van der Waals surface area contributed by atoms with Crippen molar-refractivity contribution in [3.8, 4) is 0 Å². The van der Waals surface area contributed by atoms with Crippen LogP contribution in [0.4, 0.5) is 0 Å². The number of rotatable bonds is 4. The van der Waals surface area contributed by atoms with E-state index in [9.17, 15) is 13.2 Å². The number of nitrogens with one attached hydrogen (secondary N) is 1. The van der Waals surface area contributed by atoms with Crippen LogP contribution in [0.25, 0.3) is 0 Å². The van der Waals surface area contributed by atoms with E-state index >= 15 is 0 Å². The molecule has 0 aromatic carbocycles. The zero-order valence-corrected chi connectivity index (χ0v) is 10.0. The second kappa shape index (κ2) is 4.94. The molecule has 0 aromatic rings. The van der Waals surface area contributed by atoms with Gasteiger partial charge in [0, 0.05) is 19.8 Å². The Bertz CT molecular complexity index is 320.